The Bertz CT molecular complexity index is 1420. The van der Waals surface area contributed by atoms with E-state index in [1.165, 1.54) is 12.8 Å². The lowest BCUT2D eigenvalue weighted by Crippen LogP contribution is -2.18. The molecule has 0 unspecified atom stereocenters. The Morgan fingerprint density at radius 1 is 1.00 bits per heavy atom. The molecule has 1 saturated heterocycles. The third-order valence-corrected chi connectivity index (χ3v) is 6.60. The van der Waals surface area contributed by atoms with E-state index >= 15 is 0 Å². The van der Waals surface area contributed by atoms with E-state index in [9.17, 15) is 4.79 Å². The molecule has 0 aliphatic carbocycles. The summed E-state index contributed by atoms with van der Waals surface area (Å²) in [6, 6.07) is 11.4. The van der Waals surface area contributed by atoms with E-state index in [-0.39, 0.29) is 11.9 Å². The van der Waals surface area contributed by atoms with E-state index in [2.05, 4.69) is 20.3 Å². The molecule has 1 amide bonds. The third kappa shape index (κ3) is 4.10. The molecule has 0 atom stereocenters. The molecule has 2 aliphatic rings. The van der Waals surface area contributed by atoms with Crippen molar-refractivity contribution in [3.8, 4) is 22.8 Å². The van der Waals surface area contributed by atoms with Crippen LogP contribution in [0.15, 0.2) is 48.8 Å². The first-order chi connectivity index (χ1) is 17.6. The van der Waals surface area contributed by atoms with Gasteiger partial charge in [-0.15, -0.1) is 0 Å². The van der Waals surface area contributed by atoms with E-state index < -0.39 is 0 Å². The minimum atomic E-state index is -0.258. The SMILES string of the molecule is CC(C)n1ncc2c(C(=O)Nc3ccc(N4CCCC4)cn3)cc(-c3ccc4c(c3)OCCO4)nc21. The van der Waals surface area contributed by atoms with Crippen LogP contribution < -0.4 is 19.7 Å². The quantitative estimate of drug-likeness (QED) is 0.439. The monoisotopic (exact) mass is 484 g/mol. The van der Waals surface area contributed by atoms with Crippen LogP contribution in [-0.2, 0) is 0 Å². The smallest absolute Gasteiger partial charge is 0.257 e. The van der Waals surface area contributed by atoms with Gasteiger partial charge in [-0.3, -0.25) is 4.79 Å². The Morgan fingerprint density at radius 3 is 2.56 bits per heavy atom. The fourth-order valence-corrected chi connectivity index (χ4v) is 4.74. The molecular formula is C27H28N6O3. The number of pyridine rings is 2. The van der Waals surface area contributed by atoms with Gasteiger partial charge in [0, 0.05) is 24.7 Å². The first kappa shape index (κ1) is 22.3. The first-order valence-corrected chi connectivity index (χ1v) is 12.4. The van der Waals surface area contributed by atoms with Crippen molar-refractivity contribution >= 4 is 28.4 Å². The summed E-state index contributed by atoms with van der Waals surface area (Å²) in [7, 11) is 0. The van der Waals surface area contributed by atoms with Gasteiger partial charge in [-0.2, -0.15) is 5.10 Å². The van der Waals surface area contributed by atoms with Gasteiger partial charge in [0.05, 0.1) is 34.7 Å². The average molecular weight is 485 g/mol. The molecule has 9 heteroatoms. The number of anilines is 2. The van der Waals surface area contributed by atoms with Crippen LogP contribution in [0.4, 0.5) is 11.5 Å². The molecular weight excluding hydrogens is 456 g/mol. The number of carbonyl (C=O) groups is 1. The van der Waals surface area contributed by atoms with Crippen LogP contribution in [0.3, 0.4) is 0 Å². The molecule has 1 fully saturated rings. The van der Waals surface area contributed by atoms with Crippen LogP contribution in [-0.4, -0.2) is 52.0 Å². The number of ether oxygens (including phenoxy) is 2. The average Bonchev–Trinajstić information content (AvgIpc) is 3.59. The summed E-state index contributed by atoms with van der Waals surface area (Å²) in [6.07, 6.45) is 5.92. The van der Waals surface area contributed by atoms with Gasteiger partial charge < -0.3 is 19.7 Å². The largest absolute Gasteiger partial charge is 0.486 e. The summed E-state index contributed by atoms with van der Waals surface area (Å²) in [5.41, 5.74) is 3.71. The summed E-state index contributed by atoms with van der Waals surface area (Å²) >= 11 is 0. The molecule has 9 nitrogen and oxygen atoms in total. The normalized spacial score (nSPS) is 15.0. The van der Waals surface area contributed by atoms with Crippen molar-refractivity contribution in [2.75, 3.05) is 36.5 Å². The molecule has 1 aromatic carbocycles. The molecule has 0 saturated carbocycles. The molecule has 4 aromatic rings. The van der Waals surface area contributed by atoms with Crippen molar-refractivity contribution in [2.45, 2.75) is 32.7 Å². The highest BCUT2D eigenvalue weighted by Crippen LogP contribution is 2.35. The van der Waals surface area contributed by atoms with Crippen LogP contribution in [0.25, 0.3) is 22.3 Å². The lowest BCUT2D eigenvalue weighted by Gasteiger charge is -2.19. The van der Waals surface area contributed by atoms with Crippen LogP contribution in [0, 0.1) is 0 Å². The van der Waals surface area contributed by atoms with Crippen molar-refractivity contribution < 1.29 is 14.3 Å². The summed E-state index contributed by atoms with van der Waals surface area (Å²) in [6.45, 7) is 7.20. The molecule has 0 bridgehead atoms. The van der Waals surface area contributed by atoms with E-state index in [0.29, 0.717) is 52.8 Å². The number of hydrogen-bond donors (Lipinski definition) is 1. The highest BCUT2D eigenvalue weighted by molar-refractivity contribution is 6.12. The summed E-state index contributed by atoms with van der Waals surface area (Å²) in [4.78, 5) is 25.2. The van der Waals surface area contributed by atoms with Crippen LogP contribution in [0.2, 0.25) is 0 Å². The van der Waals surface area contributed by atoms with Crippen molar-refractivity contribution in [1.29, 1.82) is 0 Å². The molecule has 0 spiro atoms. The van der Waals surface area contributed by atoms with Gasteiger partial charge in [0.1, 0.15) is 19.0 Å². The van der Waals surface area contributed by atoms with E-state index in [0.717, 1.165) is 24.3 Å². The Labute approximate surface area is 209 Å². The van der Waals surface area contributed by atoms with Crippen LogP contribution in [0.1, 0.15) is 43.1 Å². The number of nitrogens with zero attached hydrogens (tertiary/aromatic N) is 5. The Kier molecular flexibility index (Phi) is 5.67. The highest BCUT2D eigenvalue weighted by Gasteiger charge is 2.21. The van der Waals surface area contributed by atoms with E-state index in [1.807, 2.05) is 55.1 Å². The van der Waals surface area contributed by atoms with Gasteiger partial charge in [0.25, 0.3) is 5.91 Å². The Hall–Kier alpha value is -4.14. The number of benzene rings is 1. The predicted octanol–water partition coefficient (Wildman–Crippen LogP) is 4.70. The zero-order valence-electron chi connectivity index (χ0n) is 20.4. The standard InChI is InChI=1S/C27H28N6O3/c1-17(2)33-26-21(16-29-33)20(14-22(30-26)18-5-7-23-24(13-18)36-12-11-35-23)27(34)31-25-8-6-19(15-28-25)32-9-3-4-10-32/h5-8,13-17H,3-4,9-12H2,1-2H3,(H,28,31,34). The number of rotatable bonds is 5. The topological polar surface area (TPSA) is 94.4 Å². The molecule has 3 aromatic heterocycles. The lowest BCUT2D eigenvalue weighted by atomic mass is 10.1. The minimum absolute atomic E-state index is 0.0845. The number of carbonyl (C=O) groups excluding carboxylic acids is 1. The maximum atomic E-state index is 13.5. The maximum absolute atomic E-state index is 13.5. The van der Waals surface area contributed by atoms with Gasteiger partial charge in [-0.05, 0) is 63.1 Å². The predicted molar refractivity (Wildman–Crippen MR) is 138 cm³/mol. The number of amides is 1. The summed E-state index contributed by atoms with van der Waals surface area (Å²) in [5.74, 6) is 1.63. The number of hydrogen-bond acceptors (Lipinski definition) is 7. The number of nitrogens with one attached hydrogen (secondary N) is 1. The van der Waals surface area contributed by atoms with E-state index in [1.54, 1.807) is 12.3 Å². The lowest BCUT2D eigenvalue weighted by molar-refractivity contribution is 0.102. The number of fused-ring (bicyclic) bond motifs is 2. The van der Waals surface area contributed by atoms with Crippen molar-refractivity contribution in [2.24, 2.45) is 0 Å². The fraction of sp³-hybridized carbons (Fsp3) is 0.333. The second-order valence-electron chi connectivity index (χ2n) is 9.38. The van der Waals surface area contributed by atoms with Gasteiger partial charge in [0.15, 0.2) is 17.1 Å². The molecule has 5 heterocycles. The first-order valence-electron chi connectivity index (χ1n) is 12.4. The van der Waals surface area contributed by atoms with Crippen LogP contribution >= 0.6 is 0 Å². The van der Waals surface area contributed by atoms with Gasteiger partial charge in [-0.25, -0.2) is 14.6 Å². The van der Waals surface area contributed by atoms with Gasteiger partial charge in [-0.1, -0.05) is 0 Å². The second-order valence-corrected chi connectivity index (χ2v) is 9.38. The third-order valence-electron chi connectivity index (χ3n) is 6.60. The van der Waals surface area contributed by atoms with Crippen molar-refractivity contribution in [3.05, 3.63) is 54.4 Å². The van der Waals surface area contributed by atoms with Gasteiger partial charge in [0.2, 0.25) is 0 Å². The fourth-order valence-electron chi connectivity index (χ4n) is 4.74. The minimum Gasteiger partial charge on any atom is -0.486 e. The zero-order valence-corrected chi connectivity index (χ0v) is 20.4. The molecule has 0 radical (unpaired) electrons. The highest BCUT2D eigenvalue weighted by atomic mass is 16.6. The zero-order chi connectivity index (χ0) is 24.6. The summed E-state index contributed by atoms with van der Waals surface area (Å²) < 4.78 is 13.3. The van der Waals surface area contributed by atoms with Crippen molar-refractivity contribution in [1.82, 2.24) is 19.7 Å². The second kappa shape index (κ2) is 9.14. The van der Waals surface area contributed by atoms with E-state index in [4.69, 9.17) is 14.5 Å². The molecule has 2 aliphatic heterocycles. The number of aromatic nitrogens is 4. The van der Waals surface area contributed by atoms with Crippen LogP contribution in [0.5, 0.6) is 11.5 Å². The molecule has 6 rings (SSSR count). The Morgan fingerprint density at radius 2 is 1.81 bits per heavy atom. The van der Waals surface area contributed by atoms with Crippen molar-refractivity contribution in [3.63, 3.8) is 0 Å². The molecule has 1 N–H and O–H groups in total. The molecule has 184 valence electrons. The summed E-state index contributed by atoms with van der Waals surface area (Å²) in [5, 5.41) is 8.16. The Balaban J connectivity index is 1.36. The maximum Gasteiger partial charge on any atom is 0.257 e. The molecule has 36 heavy (non-hydrogen) atoms. The van der Waals surface area contributed by atoms with Gasteiger partial charge >= 0.3 is 0 Å².